The fourth-order valence-corrected chi connectivity index (χ4v) is 5.18. The van der Waals surface area contributed by atoms with Crippen LogP contribution in [-0.2, 0) is 29.2 Å². The number of nitrogens with one attached hydrogen (secondary N) is 2. The van der Waals surface area contributed by atoms with E-state index in [1.807, 2.05) is 74.5 Å². The average Bonchev–Trinajstić information content (AvgIpc) is 2.98. The molecule has 0 bridgehead atoms. The minimum Gasteiger partial charge on any atom is -0.489 e. The number of nitrogens with two attached hydrogens (primary N) is 1. The van der Waals surface area contributed by atoms with Crippen LogP contribution in [0.25, 0.3) is 0 Å². The van der Waals surface area contributed by atoms with Gasteiger partial charge in [-0.15, -0.1) is 0 Å². The first-order valence-corrected chi connectivity index (χ1v) is 14.7. The number of amides is 2. The van der Waals surface area contributed by atoms with E-state index in [1.165, 1.54) is 5.56 Å². The van der Waals surface area contributed by atoms with Gasteiger partial charge in [0, 0.05) is 32.1 Å². The van der Waals surface area contributed by atoms with E-state index in [1.54, 1.807) is 0 Å². The predicted octanol–water partition coefficient (Wildman–Crippen LogP) is 4.45. The van der Waals surface area contributed by atoms with Gasteiger partial charge in [-0.2, -0.15) is 0 Å². The molecule has 7 heteroatoms. The van der Waals surface area contributed by atoms with Crippen LogP contribution < -0.4 is 21.1 Å². The number of rotatable bonds is 13. The summed E-state index contributed by atoms with van der Waals surface area (Å²) in [6.45, 7) is 7.30. The topological polar surface area (TPSA) is 96.7 Å². The van der Waals surface area contributed by atoms with E-state index in [0.717, 1.165) is 49.4 Å². The zero-order chi connectivity index (χ0) is 29.0. The molecule has 1 heterocycles. The molecule has 1 aliphatic rings. The Bertz CT molecular complexity index is 1210. The van der Waals surface area contributed by atoms with E-state index in [-0.39, 0.29) is 23.8 Å². The van der Waals surface area contributed by atoms with Gasteiger partial charge in [0.2, 0.25) is 11.8 Å². The van der Waals surface area contributed by atoms with Crippen molar-refractivity contribution in [2.75, 3.05) is 13.1 Å². The summed E-state index contributed by atoms with van der Waals surface area (Å²) in [5, 5.41) is 6.16. The molecule has 7 nitrogen and oxygen atoms in total. The second kappa shape index (κ2) is 15.4. The van der Waals surface area contributed by atoms with E-state index in [0.29, 0.717) is 19.4 Å². The van der Waals surface area contributed by atoms with E-state index >= 15 is 0 Å². The van der Waals surface area contributed by atoms with E-state index < -0.39 is 12.1 Å². The molecule has 0 saturated carbocycles. The van der Waals surface area contributed by atoms with Crippen LogP contribution in [0.5, 0.6) is 5.75 Å². The van der Waals surface area contributed by atoms with Gasteiger partial charge in [-0.1, -0.05) is 86.6 Å². The normalized spacial score (nSPS) is 15.7. The Kier molecular flexibility index (Phi) is 11.3. The molecule has 3 aromatic carbocycles. The zero-order valence-electron chi connectivity index (χ0n) is 24.3. The van der Waals surface area contributed by atoms with Crippen molar-refractivity contribution < 1.29 is 14.3 Å². The molecule has 0 aliphatic carbocycles. The maximum Gasteiger partial charge on any atom is 0.243 e. The molecule has 41 heavy (non-hydrogen) atoms. The molecular formula is C34H44N4O3. The molecule has 0 radical (unpaired) electrons. The van der Waals surface area contributed by atoms with Crippen LogP contribution >= 0.6 is 0 Å². The third-order valence-electron chi connectivity index (χ3n) is 7.49. The Hall–Kier alpha value is -3.68. The predicted molar refractivity (Wildman–Crippen MR) is 163 cm³/mol. The Morgan fingerprint density at radius 3 is 2.07 bits per heavy atom. The van der Waals surface area contributed by atoms with Crippen LogP contribution in [0.2, 0.25) is 0 Å². The number of ether oxygens (including phenoxy) is 1. The summed E-state index contributed by atoms with van der Waals surface area (Å²) in [6, 6.07) is 26.9. The first kappa shape index (κ1) is 30.3. The number of carbonyl (C=O) groups is 2. The summed E-state index contributed by atoms with van der Waals surface area (Å²) < 4.78 is 5.91. The quantitative estimate of drug-likeness (QED) is 0.289. The zero-order valence-corrected chi connectivity index (χ0v) is 24.3. The SMILES string of the molecule is CC(C)CC(N)C(=O)NC(Cc1ccc(OCc2ccccc2)cc1)C(=O)NC1CCN(Cc2ccccc2)CC1. The fraction of sp³-hybridized carbons (Fsp3) is 0.412. The van der Waals surface area contributed by atoms with Crippen molar-refractivity contribution in [1.29, 1.82) is 0 Å². The highest BCUT2D eigenvalue weighted by atomic mass is 16.5. The number of benzene rings is 3. The molecule has 2 atom stereocenters. The van der Waals surface area contributed by atoms with Gasteiger partial charge >= 0.3 is 0 Å². The molecule has 218 valence electrons. The van der Waals surface area contributed by atoms with Gasteiger partial charge in [-0.05, 0) is 54.0 Å². The van der Waals surface area contributed by atoms with Gasteiger partial charge in [0.15, 0.2) is 0 Å². The first-order valence-electron chi connectivity index (χ1n) is 14.7. The van der Waals surface area contributed by atoms with E-state index in [4.69, 9.17) is 10.5 Å². The number of hydrogen-bond donors (Lipinski definition) is 3. The molecule has 4 N–H and O–H groups in total. The van der Waals surface area contributed by atoms with Crippen LogP contribution in [0.4, 0.5) is 0 Å². The number of nitrogens with zero attached hydrogens (tertiary/aromatic N) is 1. The standard InChI is InChI=1S/C34H44N4O3/c1-25(2)21-31(35)33(39)37-32(22-26-13-15-30(16-14-26)41-24-28-11-7-4-8-12-28)34(40)36-29-17-19-38(20-18-29)23-27-9-5-3-6-10-27/h3-16,25,29,31-32H,17-24,35H2,1-2H3,(H,36,40)(H,37,39). The summed E-state index contributed by atoms with van der Waals surface area (Å²) in [5.74, 6) is 0.580. The largest absolute Gasteiger partial charge is 0.489 e. The van der Waals surface area contributed by atoms with Crippen molar-refractivity contribution in [3.05, 3.63) is 102 Å². The molecule has 2 unspecified atom stereocenters. The van der Waals surface area contributed by atoms with Crippen molar-refractivity contribution in [3.8, 4) is 5.75 Å². The number of likely N-dealkylation sites (tertiary alicyclic amines) is 1. The van der Waals surface area contributed by atoms with Crippen LogP contribution in [0.15, 0.2) is 84.9 Å². The van der Waals surface area contributed by atoms with Gasteiger partial charge in [0.25, 0.3) is 0 Å². The van der Waals surface area contributed by atoms with Gasteiger partial charge in [0.05, 0.1) is 6.04 Å². The number of carbonyl (C=O) groups excluding carboxylic acids is 2. The molecule has 4 rings (SSSR count). The van der Waals surface area contributed by atoms with E-state index in [2.05, 4.69) is 39.8 Å². The highest BCUT2D eigenvalue weighted by molar-refractivity contribution is 5.90. The molecule has 0 aromatic heterocycles. The average molecular weight is 557 g/mol. The molecule has 1 aliphatic heterocycles. The van der Waals surface area contributed by atoms with Gasteiger partial charge < -0.3 is 21.1 Å². The number of piperidine rings is 1. The molecule has 0 spiro atoms. The lowest BCUT2D eigenvalue weighted by Crippen LogP contribution is -2.55. The van der Waals surface area contributed by atoms with Gasteiger partial charge in [-0.25, -0.2) is 0 Å². The Balaban J connectivity index is 1.34. The number of hydrogen-bond acceptors (Lipinski definition) is 5. The Morgan fingerprint density at radius 1 is 0.854 bits per heavy atom. The van der Waals surface area contributed by atoms with Crippen molar-refractivity contribution >= 4 is 11.8 Å². The molecule has 1 saturated heterocycles. The Morgan fingerprint density at radius 2 is 1.46 bits per heavy atom. The summed E-state index contributed by atoms with van der Waals surface area (Å²) in [6.07, 6.45) is 2.68. The van der Waals surface area contributed by atoms with Crippen molar-refractivity contribution in [2.45, 2.75) is 70.8 Å². The maximum atomic E-state index is 13.5. The third kappa shape index (κ3) is 10.0. The lowest BCUT2D eigenvalue weighted by molar-refractivity contribution is -0.130. The second-order valence-corrected chi connectivity index (χ2v) is 11.5. The summed E-state index contributed by atoms with van der Waals surface area (Å²) >= 11 is 0. The lowest BCUT2D eigenvalue weighted by atomic mass is 10.00. The monoisotopic (exact) mass is 556 g/mol. The first-order chi connectivity index (χ1) is 19.9. The van der Waals surface area contributed by atoms with Crippen LogP contribution in [0.3, 0.4) is 0 Å². The minimum absolute atomic E-state index is 0.0759. The minimum atomic E-state index is -0.709. The fourth-order valence-electron chi connectivity index (χ4n) is 5.18. The summed E-state index contributed by atoms with van der Waals surface area (Å²) in [5.41, 5.74) is 9.49. The van der Waals surface area contributed by atoms with Gasteiger partial charge in [-0.3, -0.25) is 14.5 Å². The smallest absolute Gasteiger partial charge is 0.243 e. The highest BCUT2D eigenvalue weighted by Gasteiger charge is 2.28. The second-order valence-electron chi connectivity index (χ2n) is 11.5. The molecule has 3 aromatic rings. The highest BCUT2D eigenvalue weighted by Crippen LogP contribution is 2.17. The summed E-state index contributed by atoms with van der Waals surface area (Å²) in [7, 11) is 0. The Labute approximate surface area is 244 Å². The van der Waals surface area contributed by atoms with Crippen LogP contribution in [-0.4, -0.2) is 47.9 Å². The van der Waals surface area contributed by atoms with Gasteiger partial charge in [0.1, 0.15) is 18.4 Å². The van der Waals surface area contributed by atoms with E-state index in [9.17, 15) is 9.59 Å². The molecule has 1 fully saturated rings. The van der Waals surface area contributed by atoms with Crippen molar-refractivity contribution in [1.82, 2.24) is 15.5 Å². The molecule has 2 amide bonds. The van der Waals surface area contributed by atoms with Crippen LogP contribution in [0, 0.1) is 5.92 Å². The maximum absolute atomic E-state index is 13.5. The van der Waals surface area contributed by atoms with Crippen LogP contribution in [0.1, 0.15) is 49.8 Å². The lowest BCUT2D eigenvalue weighted by Gasteiger charge is -2.33. The van der Waals surface area contributed by atoms with Crippen molar-refractivity contribution in [2.24, 2.45) is 11.7 Å². The van der Waals surface area contributed by atoms with Crippen molar-refractivity contribution in [3.63, 3.8) is 0 Å². The molecular weight excluding hydrogens is 512 g/mol. The summed E-state index contributed by atoms with van der Waals surface area (Å²) in [4.78, 5) is 28.8. The third-order valence-corrected chi connectivity index (χ3v) is 7.49.